The Morgan fingerprint density at radius 3 is 2.25 bits per heavy atom. The first-order valence-electron chi connectivity index (χ1n) is 7.83. The van der Waals surface area contributed by atoms with Crippen molar-refractivity contribution in [1.29, 1.82) is 0 Å². The predicted octanol–water partition coefficient (Wildman–Crippen LogP) is -0.845. The van der Waals surface area contributed by atoms with Gasteiger partial charge in [-0.3, -0.25) is 9.09 Å². The first kappa shape index (κ1) is 25.4. The first-order chi connectivity index (χ1) is 14.3. The van der Waals surface area contributed by atoms with Gasteiger partial charge in [0, 0.05) is 6.20 Å². The highest BCUT2D eigenvalue weighted by Crippen LogP contribution is 2.75. The van der Waals surface area contributed by atoms with Crippen LogP contribution in [0.15, 0.2) is 17.1 Å². The quantitative estimate of drug-likeness (QED) is 0.223. The van der Waals surface area contributed by atoms with Crippen molar-refractivity contribution >= 4 is 29.3 Å². The van der Waals surface area contributed by atoms with E-state index in [0.29, 0.717) is 6.20 Å². The van der Waals surface area contributed by atoms with E-state index in [0.717, 1.165) is 6.07 Å². The Kier molecular flexibility index (Phi) is 5.88. The van der Waals surface area contributed by atoms with Crippen molar-refractivity contribution in [2.24, 2.45) is 0 Å². The zero-order chi connectivity index (χ0) is 24.5. The zero-order valence-electron chi connectivity index (χ0n) is 15.0. The summed E-state index contributed by atoms with van der Waals surface area (Å²) < 4.78 is 93.2. The lowest BCUT2D eigenvalue weighted by Gasteiger charge is -2.28. The van der Waals surface area contributed by atoms with Crippen LogP contribution >= 0.6 is 23.5 Å². The summed E-state index contributed by atoms with van der Waals surface area (Å²) in [6.45, 7) is -1.98. The van der Waals surface area contributed by atoms with Crippen molar-refractivity contribution < 1.29 is 69.4 Å². The lowest BCUT2D eigenvalue weighted by Crippen LogP contribution is -2.46. The fourth-order valence-corrected chi connectivity index (χ4v) is 6.41. The number of nitrogens with zero attached hydrogens (tertiary/aromatic N) is 2. The number of aromatic nitrogens is 2. The van der Waals surface area contributed by atoms with E-state index in [4.69, 9.17) is 25.2 Å². The number of anilines is 1. The van der Waals surface area contributed by atoms with Gasteiger partial charge in [-0.25, -0.2) is 22.9 Å². The van der Waals surface area contributed by atoms with E-state index in [1.54, 1.807) is 0 Å². The molecule has 2 aliphatic rings. The van der Waals surface area contributed by atoms with Gasteiger partial charge in [0.25, 0.3) is 0 Å². The molecular weight excluding hydrogens is 520 g/mol. The number of nitrogens with two attached hydrogens (primary N) is 1. The maximum Gasteiger partial charge on any atom is 0.490 e. The third kappa shape index (κ3) is 3.98. The standard InChI is InChI=1S/C10H13F3N3O13P3/c11-3-8-5(27-31(22,23)29-32(24,25)28-30(19,20)21)9(8,18)10(12,13)6(26-8)16-2-1-4(14)15-7(16)17/h1-2,5-6,18H,3H2,(H,22,23)(H,24,25)(H2,14,15,17)(H2,19,20,21)/t5?,6-,8-,9-/m1/s1. The summed E-state index contributed by atoms with van der Waals surface area (Å²) in [5, 5.41) is 10.4. The molecule has 16 nitrogen and oxygen atoms in total. The van der Waals surface area contributed by atoms with Gasteiger partial charge < -0.3 is 35.2 Å². The van der Waals surface area contributed by atoms with Crippen LogP contribution in [-0.4, -0.2) is 64.1 Å². The zero-order valence-corrected chi connectivity index (χ0v) is 17.6. The monoisotopic (exact) mass is 533 g/mol. The molecule has 3 unspecified atom stereocenters. The molecular formula is C10H13F3N3O13P3. The van der Waals surface area contributed by atoms with E-state index in [-0.39, 0.29) is 10.4 Å². The molecule has 1 aromatic rings. The maximum atomic E-state index is 14.9. The number of hydrogen-bond acceptors (Lipinski definition) is 11. The molecule has 1 aliphatic carbocycles. The minimum absolute atomic E-state index is 0.153. The Morgan fingerprint density at radius 2 is 1.78 bits per heavy atom. The number of rotatable bonds is 8. The average molecular weight is 533 g/mol. The average Bonchev–Trinajstić information content (AvgIpc) is 3.00. The SMILES string of the molecule is Nc1ccn([C@@H]2O[C@]3(CF)C(OP(=O)(O)OP(=O)(O)OP(=O)(O)O)[C@]3(O)C2(F)F)c(=O)n1. The molecule has 1 saturated heterocycles. The van der Waals surface area contributed by atoms with Gasteiger partial charge in [0.2, 0.25) is 6.23 Å². The third-order valence-electron chi connectivity index (χ3n) is 4.46. The van der Waals surface area contributed by atoms with E-state index >= 15 is 0 Å². The molecule has 0 aromatic carbocycles. The largest absolute Gasteiger partial charge is 0.490 e. The molecule has 1 saturated carbocycles. The number of halogens is 3. The van der Waals surface area contributed by atoms with Crippen LogP contribution in [0.5, 0.6) is 0 Å². The molecule has 3 rings (SSSR count). The van der Waals surface area contributed by atoms with Crippen molar-refractivity contribution in [2.75, 3.05) is 12.4 Å². The van der Waals surface area contributed by atoms with Gasteiger partial charge in [-0.15, -0.1) is 0 Å². The van der Waals surface area contributed by atoms with Crippen LogP contribution in [0.4, 0.5) is 19.0 Å². The summed E-state index contributed by atoms with van der Waals surface area (Å²) in [4.78, 5) is 50.5. The minimum atomic E-state index is -6.03. The highest BCUT2D eigenvalue weighted by molar-refractivity contribution is 7.66. The summed E-state index contributed by atoms with van der Waals surface area (Å²) in [6, 6.07) is 0.903. The van der Waals surface area contributed by atoms with Crippen molar-refractivity contribution in [3.05, 3.63) is 22.7 Å². The summed E-state index contributed by atoms with van der Waals surface area (Å²) in [5.74, 6) is -4.95. The first-order valence-corrected chi connectivity index (χ1v) is 12.3. The number of phosphoric acid groups is 3. The van der Waals surface area contributed by atoms with Gasteiger partial charge in [0.15, 0.2) is 11.2 Å². The normalized spacial score (nSPS) is 35.0. The van der Waals surface area contributed by atoms with Crippen LogP contribution in [0, 0.1) is 0 Å². The van der Waals surface area contributed by atoms with E-state index in [2.05, 4.69) is 18.1 Å². The van der Waals surface area contributed by atoms with Crippen molar-refractivity contribution in [3.63, 3.8) is 0 Å². The Bertz CT molecular complexity index is 1140. The Balaban J connectivity index is 1.88. The number of alkyl halides is 3. The summed E-state index contributed by atoms with van der Waals surface area (Å²) in [5.41, 5.74) is -2.91. The molecule has 0 amide bonds. The number of hydrogen-bond donors (Lipinski definition) is 6. The molecule has 2 heterocycles. The van der Waals surface area contributed by atoms with Gasteiger partial charge in [-0.1, -0.05) is 0 Å². The van der Waals surface area contributed by atoms with Gasteiger partial charge in [-0.05, 0) is 6.07 Å². The van der Waals surface area contributed by atoms with Crippen LogP contribution in [0.25, 0.3) is 0 Å². The van der Waals surface area contributed by atoms with Crippen molar-refractivity contribution in [1.82, 2.24) is 9.55 Å². The van der Waals surface area contributed by atoms with E-state index in [1.807, 2.05) is 0 Å². The second-order valence-electron chi connectivity index (χ2n) is 6.50. The second kappa shape index (κ2) is 7.40. The van der Waals surface area contributed by atoms with E-state index in [9.17, 15) is 41.7 Å². The second-order valence-corrected chi connectivity index (χ2v) is 10.9. The molecule has 1 aliphatic heterocycles. The molecule has 2 fully saturated rings. The highest BCUT2D eigenvalue weighted by Gasteiger charge is 2.97. The van der Waals surface area contributed by atoms with Gasteiger partial charge in [0.05, 0.1) is 0 Å². The Labute approximate surface area is 173 Å². The van der Waals surface area contributed by atoms with Gasteiger partial charge in [0.1, 0.15) is 18.6 Å². The fourth-order valence-electron chi connectivity index (χ4n) is 3.16. The molecule has 0 spiro atoms. The van der Waals surface area contributed by atoms with E-state index in [1.165, 1.54) is 0 Å². The third-order valence-corrected chi connectivity index (χ3v) is 8.27. The van der Waals surface area contributed by atoms with Crippen LogP contribution in [-0.2, 0) is 31.6 Å². The Morgan fingerprint density at radius 1 is 1.19 bits per heavy atom. The molecule has 6 atom stereocenters. The van der Waals surface area contributed by atoms with Crippen molar-refractivity contribution in [2.45, 2.75) is 29.5 Å². The number of nitrogen functional groups attached to an aromatic ring is 1. The molecule has 0 radical (unpaired) electrons. The number of aliphatic hydroxyl groups is 1. The maximum absolute atomic E-state index is 14.9. The highest BCUT2D eigenvalue weighted by atomic mass is 31.3. The molecule has 32 heavy (non-hydrogen) atoms. The molecule has 0 bridgehead atoms. The van der Waals surface area contributed by atoms with Crippen LogP contribution in [0.3, 0.4) is 0 Å². The number of fused-ring (bicyclic) bond motifs is 1. The van der Waals surface area contributed by atoms with Crippen LogP contribution in [0.1, 0.15) is 6.23 Å². The summed E-state index contributed by atoms with van der Waals surface area (Å²) in [6.07, 6.45) is -4.69. The molecule has 7 N–H and O–H groups in total. The predicted molar refractivity (Wildman–Crippen MR) is 90.4 cm³/mol. The lowest BCUT2D eigenvalue weighted by molar-refractivity contribution is -0.200. The number of ether oxygens (including phenoxy) is 1. The summed E-state index contributed by atoms with van der Waals surface area (Å²) in [7, 11) is -17.8. The van der Waals surface area contributed by atoms with Gasteiger partial charge >= 0.3 is 35.1 Å². The minimum Gasteiger partial charge on any atom is -0.383 e. The molecule has 22 heteroatoms. The lowest BCUT2D eigenvalue weighted by atomic mass is 10.1. The number of phosphoric ester groups is 1. The molecule has 1 aromatic heterocycles. The van der Waals surface area contributed by atoms with Crippen LogP contribution in [0.2, 0.25) is 0 Å². The fraction of sp³-hybridized carbons (Fsp3) is 0.600. The smallest absolute Gasteiger partial charge is 0.383 e. The Hall–Kier alpha value is -1.20. The van der Waals surface area contributed by atoms with Gasteiger partial charge in [-0.2, -0.15) is 22.4 Å². The van der Waals surface area contributed by atoms with Crippen molar-refractivity contribution in [3.8, 4) is 0 Å². The van der Waals surface area contributed by atoms with E-state index < -0.39 is 65.3 Å². The van der Waals surface area contributed by atoms with Crippen LogP contribution < -0.4 is 11.4 Å². The molecule has 182 valence electrons. The summed E-state index contributed by atoms with van der Waals surface area (Å²) >= 11 is 0. The topological polar surface area (TPSA) is 250 Å².